The van der Waals surface area contributed by atoms with Crippen LogP contribution in [0.4, 0.5) is 8.78 Å². The van der Waals surface area contributed by atoms with Gasteiger partial charge in [0.2, 0.25) is 0 Å². The van der Waals surface area contributed by atoms with Crippen LogP contribution in [-0.2, 0) is 6.42 Å². The molecule has 0 aliphatic carbocycles. The first-order valence-corrected chi connectivity index (χ1v) is 11.8. The van der Waals surface area contributed by atoms with Crippen molar-refractivity contribution < 1.29 is 13.6 Å². The van der Waals surface area contributed by atoms with Crippen LogP contribution in [-0.4, -0.2) is 34.8 Å². The van der Waals surface area contributed by atoms with Crippen molar-refractivity contribution in [2.24, 2.45) is 5.73 Å². The van der Waals surface area contributed by atoms with Crippen LogP contribution >= 0.6 is 11.6 Å². The fourth-order valence-electron chi connectivity index (χ4n) is 4.45. The number of nitrogens with two attached hydrogens (primary N) is 1. The van der Waals surface area contributed by atoms with Gasteiger partial charge in [0, 0.05) is 35.1 Å². The number of likely N-dealkylation sites (tertiary alicyclic amines) is 1. The van der Waals surface area contributed by atoms with Crippen molar-refractivity contribution in [1.82, 2.24) is 4.90 Å². The molecule has 3 aromatic rings. The fraction of sp³-hybridized carbons (Fsp3) is 0.286. The zero-order chi connectivity index (χ0) is 25.3. The summed E-state index contributed by atoms with van der Waals surface area (Å²) in [6.45, 7) is 4.76. The SMILES string of the molecule is CC(C)(Cl)Cc1ccc(-c2ccc(C(=O)N3CC[C@H](N)C3)cc2-c2ccc(C#N)c(F)c2)c(F)c1. The summed E-state index contributed by atoms with van der Waals surface area (Å²) in [5.41, 5.74) is 8.80. The second kappa shape index (κ2) is 9.77. The number of halogens is 3. The molecule has 1 atom stereocenters. The Kier molecular flexibility index (Phi) is 6.93. The van der Waals surface area contributed by atoms with Gasteiger partial charge in [-0.3, -0.25) is 4.79 Å². The molecule has 0 radical (unpaired) electrons. The molecule has 180 valence electrons. The van der Waals surface area contributed by atoms with Gasteiger partial charge < -0.3 is 10.6 Å². The highest BCUT2D eigenvalue weighted by Crippen LogP contribution is 2.36. The van der Waals surface area contributed by atoms with E-state index in [4.69, 9.17) is 22.6 Å². The zero-order valence-corrected chi connectivity index (χ0v) is 20.4. The van der Waals surface area contributed by atoms with Crippen molar-refractivity contribution in [3.8, 4) is 28.3 Å². The summed E-state index contributed by atoms with van der Waals surface area (Å²) < 4.78 is 29.8. The van der Waals surface area contributed by atoms with E-state index in [1.807, 2.05) is 19.9 Å². The van der Waals surface area contributed by atoms with Crippen LogP contribution < -0.4 is 5.73 Å². The molecule has 0 bridgehead atoms. The topological polar surface area (TPSA) is 70.1 Å². The van der Waals surface area contributed by atoms with Crippen LogP contribution in [0.15, 0.2) is 54.6 Å². The molecule has 0 spiro atoms. The summed E-state index contributed by atoms with van der Waals surface area (Å²) in [5, 5.41) is 9.11. The molecule has 3 aromatic carbocycles. The quantitative estimate of drug-likeness (QED) is 0.449. The number of carbonyl (C=O) groups is 1. The molecular formula is C28H26ClF2N3O. The van der Waals surface area contributed by atoms with Crippen LogP contribution in [0.3, 0.4) is 0 Å². The first kappa shape index (κ1) is 24.8. The van der Waals surface area contributed by atoms with Crippen molar-refractivity contribution in [3.05, 3.63) is 82.9 Å². The molecule has 2 N–H and O–H groups in total. The number of carbonyl (C=O) groups excluding carboxylic acids is 1. The van der Waals surface area contributed by atoms with Crippen molar-refractivity contribution in [1.29, 1.82) is 5.26 Å². The molecule has 1 saturated heterocycles. The van der Waals surface area contributed by atoms with Crippen molar-refractivity contribution in [3.63, 3.8) is 0 Å². The smallest absolute Gasteiger partial charge is 0.253 e. The van der Waals surface area contributed by atoms with Gasteiger partial charge in [-0.25, -0.2) is 8.78 Å². The number of hydrogen-bond donors (Lipinski definition) is 1. The van der Waals surface area contributed by atoms with E-state index < -0.39 is 16.5 Å². The number of nitrogens with zero attached hydrogens (tertiary/aromatic N) is 2. The first-order chi connectivity index (χ1) is 16.6. The summed E-state index contributed by atoms with van der Waals surface area (Å²) in [4.78, 5) is 14.3. The minimum Gasteiger partial charge on any atom is -0.337 e. The molecule has 0 saturated carbocycles. The summed E-state index contributed by atoms with van der Waals surface area (Å²) in [5.74, 6) is -1.30. The number of benzene rings is 3. The average molecular weight is 494 g/mol. The predicted octanol–water partition coefficient (Wildman–Crippen LogP) is 5.90. The Bertz CT molecular complexity index is 1330. The van der Waals surface area contributed by atoms with E-state index in [2.05, 4.69) is 0 Å². The maximum Gasteiger partial charge on any atom is 0.253 e. The normalized spacial score (nSPS) is 15.8. The van der Waals surface area contributed by atoms with Gasteiger partial charge in [0.15, 0.2) is 0 Å². The van der Waals surface area contributed by atoms with Crippen LogP contribution in [0.5, 0.6) is 0 Å². The predicted molar refractivity (Wildman–Crippen MR) is 134 cm³/mol. The van der Waals surface area contributed by atoms with Crippen LogP contribution in [0.2, 0.25) is 0 Å². The van der Waals surface area contributed by atoms with Gasteiger partial charge in [-0.2, -0.15) is 5.26 Å². The molecule has 0 aromatic heterocycles. The lowest BCUT2D eigenvalue weighted by Crippen LogP contribution is -2.31. The van der Waals surface area contributed by atoms with Gasteiger partial charge in [-0.05, 0) is 79.3 Å². The highest BCUT2D eigenvalue weighted by atomic mass is 35.5. The molecule has 1 amide bonds. The first-order valence-electron chi connectivity index (χ1n) is 11.4. The molecular weight excluding hydrogens is 468 g/mol. The van der Waals surface area contributed by atoms with Crippen LogP contribution in [0.25, 0.3) is 22.3 Å². The molecule has 0 unspecified atom stereocenters. The standard InChI is InChI=1S/C28H26ClF2N3O/c1-28(2,29)14-17-3-7-23(26(31)11-17)22-8-6-19(27(35)34-10-9-21(33)16-34)12-24(22)18-4-5-20(15-32)25(30)13-18/h3-8,11-13,21H,9-10,14,16,33H2,1-2H3/t21-/m0/s1. The van der Waals surface area contributed by atoms with Crippen LogP contribution in [0.1, 0.15) is 41.8 Å². The molecule has 7 heteroatoms. The Hall–Kier alpha value is -3.27. The van der Waals surface area contributed by atoms with Gasteiger partial charge in [-0.15, -0.1) is 11.6 Å². The number of hydrogen-bond acceptors (Lipinski definition) is 3. The Balaban J connectivity index is 1.82. The average Bonchev–Trinajstić information content (AvgIpc) is 3.23. The number of nitriles is 1. The maximum absolute atomic E-state index is 15.3. The summed E-state index contributed by atoms with van der Waals surface area (Å²) in [6.07, 6.45) is 1.22. The molecule has 4 nitrogen and oxygen atoms in total. The molecule has 35 heavy (non-hydrogen) atoms. The van der Waals surface area contributed by atoms with Gasteiger partial charge in [-0.1, -0.05) is 24.3 Å². The largest absolute Gasteiger partial charge is 0.337 e. The zero-order valence-electron chi connectivity index (χ0n) is 19.6. The van der Waals surface area contributed by atoms with Gasteiger partial charge in [0.25, 0.3) is 5.91 Å². The van der Waals surface area contributed by atoms with E-state index in [1.54, 1.807) is 41.3 Å². The number of alkyl halides is 1. The third-order valence-corrected chi connectivity index (χ3v) is 6.26. The second-order valence-corrected chi connectivity index (χ2v) is 10.6. The Labute approximate surface area is 208 Å². The maximum atomic E-state index is 15.3. The van der Waals surface area contributed by atoms with E-state index in [0.29, 0.717) is 47.3 Å². The summed E-state index contributed by atoms with van der Waals surface area (Å²) in [7, 11) is 0. The Morgan fingerprint density at radius 3 is 2.43 bits per heavy atom. The van der Waals surface area contributed by atoms with E-state index in [0.717, 1.165) is 12.0 Å². The van der Waals surface area contributed by atoms with E-state index in [9.17, 15) is 9.18 Å². The Morgan fingerprint density at radius 1 is 1.09 bits per heavy atom. The molecule has 1 heterocycles. The fourth-order valence-corrected chi connectivity index (χ4v) is 4.61. The monoisotopic (exact) mass is 493 g/mol. The van der Waals surface area contributed by atoms with Crippen molar-refractivity contribution in [2.75, 3.05) is 13.1 Å². The van der Waals surface area contributed by atoms with Crippen molar-refractivity contribution >= 4 is 17.5 Å². The summed E-state index contributed by atoms with van der Waals surface area (Å²) in [6, 6.07) is 15.9. The third-order valence-electron chi connectivity index (χ3n) is 6.13. The molecule has 4 rings (SSSR count). The lowest BCUT2D eigenvalue weighted by molar-refractivity contribution is 0.0791. The second-order valence-electron chi connectivity index (χ2n) is 9.58. The molecule has 1 aliphatic heterocycles. The van der Waals surface area contributed by atoms with E-state index in [1.165, 1.54) is 18.2 Å². The Morgan fingerprint density at radius 2 is 1.83 bits per heavy atom. The van der Waals surface area contributed by atoms with Gasteiger partial charge >= 0.3 is 0 Å². The number of amides is 1. The van der Waals surface area contributed by atoms with E-state index >= 15 is 4.39 Å². The van der Waals surface area contributed by atoms with Crippen molar-refractivity contribution in [2.45, 2.75) is 37.6 Å². The van der Waals surface area contributed by atoms with Gasteiger partial charge in [0.1, 0.15) is 17.7 Å². The van der Waals surface area contributed by atoms with Crippen LogP contribution in [0, 0.1) is 23.0 Å². The molecule has 1 fully saturated rings. The highest BCUT2D eigenvalue weighted by molar-refractivity contribution is 6.23. The third kappa shape index (κ3) is 5.53. The summed E-state index contributed by atoms with van der Waals surface area (Å²) >= 11 is 6.31. The van der Waals surface area contributed by atoms with E-state index in [-0.39, 0.29) is 17.5 Å². The highest BCUT2D eigenvalue weighted by Gasteiger charge is 2.26. The lowest BCUT2D eigenvalue weighted by atomic mass is 9.90. The lowest BCUT2D eigenvalue weighted by Gasteiger charge is -2.19. The minimum absolute atomic E-state index is 0.0594. The molecule has 1 aliphatic rings. The minimum atomic E-state index is -0.682. The number of rotatable bonds is 5. The van der Waals surface area contributed by atoms with Gasteiger partial charge in [0.05, 0.1) is 5.56 Å².